The summed E-state index contributed by atoms with van der Waals surface area (Å²) in [5, 5.41) is 7.15. The summed E-state index contributed by atoms with van der Waals surface area (Å²) in [5.41, 5.74) is 0.978. The highest BCUT2D eigenvalue weighted by Gasteiger charge is 2.21. The number of rotatable bonds is 13. The Kier molecular flexibility index (Phi) is 7.87. The molecule has 0 N–H and O–H groups in total. The molecule has 176 valence electrons. The fraction of sp³-hybridized carbons (Fsp3) is 0.448. The minimum absolute atomic E-state index is 0.450. The van der Waals surface area contributed by atoms with Gasteiger partial charge in [0, 0.05) is 0 Å². The van der Waals surface area contributed by atoms with Gasteiger partial charge in [-0.1, -0.05) is 119 Å². The van der Waals surface area contributed by atoms with Gasteiger partial charge in [0.05, 0.1) is 6.26 Å². The van der Waals surface area contributed by atoms with Crippen molar-refractivity contribution in [1.29, 1.82) is 0 Å². The molecular weight excluding hydrogens is 428 g/mol. The zero-order chi connectivity index (χ0) is 23.3. The second kappa shape index (κ2) is 10.8. The van der Waals surface area contributed by atoms with Crippen LogP contribution in [0.3, 0.4) is 0 Å². The summed E-state index contributed by atoms with van der Waals surface area (Å²) in [6.45, 7) is 2.25. The third kappa shape index (κ3) is 5.85. The molecule has 0 amide bonds. The molecular formula is C29H36O3S. The second-order valence-corrected chi connectivity index (χ2v) is 11.0. The van der Waals surface area contributed by atoms with E-state index in [2.05, 4.69) is 61.5 Å². The van der Waals surface area contributed by atoms with Crippen LogP contribution in [0.4, 0.5) is 0 Å². The molecule has 0 fully saturated rings. The Bertz CT molecular complexity index is 1280. The smallest absolute Gasteiger partial charge is 0.262 e. The minimum Gasteiger partial charge on any atom is -0.262 e. The lowest BCUT2D eigenvalue weighted by atomic mass is 9.89. The van der Waals surface area contributed by atoms with E-state index in [4.69, 9.17) is 4.18 Å². The van der Waals surface area contributed by atoms with Crippen LogP contribution in [0.1, 0.15) is 82.8 Å². The number of hydrogen-bond acceptors (Lipinski definition) is 3. The molecule has 33 heavy (non-hydrogen) atoms. The average molecular weight is 465 g/mol. The molecule has 3 nitrogen and oxygen atoms in total. The molecule has 0 aromatic heterocycles. The van der Waals surface area contributed by atoms with Crippen LogP contribution in [0.5, 0.6) is 0 Å². The van der Waals surface area contributed by atoms with Crippen molar-refractivity contribution in [3.63, 3.8) is 0 Å². The summed E-state index contributed by atoms with van der Waals surface area (Å²) in [7, 11) is -3.56. The topological polar surface area (TPSA) is 43.4 Å². The molecule has 0 saturated heterocycles. The van der Waals surface area contributed by atoms with Gasteiger partial charge in [-0.15, -0.1) is 0 Å². The van der Waals surface area contributed by atoms with Crippen molar-refractivity contribution in [2.24, 2.45) is 0 Å². The highest BCUT2D eigenvalue weighted by atomic mass is 32.2. The van der Waals surface area contributed by atoms with E-state index >= 15 is 0 Å². The van der Waals surface area contributed by atoms with Crippen LogP contribution in [0.2, 0.25) is 0 Å². The molecule has 0 bridgehead atoms. The van der Waals surface area contributed by atoms with Crippen LogP contribution in [-0.2, 0) is 14.3 Å². The Hall–Kier alpha value is -2.17. The maximum atomic E-state index is 12.1. The van der Waals surface area contributed by atoms with E-state index in [1.165, 1.54) is 71.9 Å². The van der Waals surface area contributed by atoms with Crippen LogP contribution in [0, 0.1) is 0 Å². The van der Waals surface area contributed by atoms with Crippen molar-refractivity contribution >= 4 is 42.4 Å². The lowest BCUT2D eigenvalue weighted by molar-refractivity contribution is 0.201. The normalized spacial score (nSPS) is 13.4. The Morgan fingerprint density at radius 2 is 1.24 bits per heavy atom. The Labute approximate surface area is 198 Å². The summed E-state index contributed by atoms with van der Waals surface area (Å²) < 4.78 is 29.9. The van der Waals surface area contributed by atoms with Gasteiger partial charge in [0.25, 0.3) is 10.1 Å². The predicted octanol–water partition coefficient (Wildman–Crippen LogP) is 8.52. The third-order valence-corrected chi connectivity index (χ3v) is 7.35. The van der Waals surface area contributed by atoms with Gasteiger partial charge in [-0.3, -0.25) is 4.18 Å². The van der Waals surface area contributed by atoms with E-state index in [9.17, 15) is 8.42 Å². The van der Waals surface area contributed by atoms with Crippen molar-refractivity contribution < 1.29 is 12.6 Å². The summed E-state index contributed by atoms with van der Waals surface area (Å²) in [6, 6.07) is 19.1. The van der Waals surface area contributed by atoms with Gasteiger partial charge in [-0.25, -0.2) is 0 Å². The first-order valence-corrected chi connectivity index (χ1v) is 14.3. The van der Waals surface area contributed by atoms with Crippen LogP contribution in [-0.4, -0.2) is 14.7 Å². The van der Waals surface area contributed by atoms with E-state index in [0.29, 0.717) is 6.42 Å². The third-order valence-electron chi connectivity index (χ3n) is 6.77. The SMILES string of the molecule is CCCCCCCCCCCC(OS(C)(=O)=O)c1ccc2ccc3cccc4ccc1c2c34. The molecule has 0 aliphatic carbocycles. The second-order valence-electron chi connectivity index (χ2n) is 9.42. The fourth-order valence-corrected chi connectivity index (χ4v) is 5.77. The molecule has 0 spiro atoms. The molecule has 4 rings (SSSR count). The predicted molar refractivity (Wildman–Crippen MR) is 141 cm³/mol. The molecule has 4 aromatic rings. The molecule has 0 radical (unpaired) electrons. The van der Waals surface area contributed by atoms with E-state index in [1.807, 2.05) is 0 Å². The highest BCUT2D eigenvalue weighted by molar-refractivity contribution is 7.86. The maximum absolute atomic E-state index is 12.1. The molecule has 1 unspecified atom stereocenters. The van der Waals surface area contributed by atoms with Gasteiger partial charge in [0.2, 0.25) is 0 Å². The van der Waals surface area contributed by atoms with Crippen molar-refractivity contribution in [1.82, 2.24) is 0 Å². The van der Waals surface area contributed by atoms with Gasteiger partial charge >= 0.3 is 0 Å². The summed E-state index contributed by atoms with van der Waals surface area (Å²) in [6.07, 6.45) is 12.6. The number of unbranched alkanes of at least 4 members (excludes halogenated alkanes) is 8. The molecule has 4 aromatic carbocycles. The molecule has 0 aliphatic heterocycles. The van der Waals surface area contributed by atoms with Crippen molar-refractivity contribution in [3.8, 4) is 0 Å². The van der Waals surface area contributed by atoms with E-state index in [-0.39, 0.29) is 0 Å². The van der Waals surface area contributed by atoms with Gasteiger partial charge in [-0.2, -0.15) is 8.42 Å². The Morgan fingerprint density at radius 3 is 1.88 bits per heavy atom. The zero-order valence-corrected chi connectivity index (χ0v) is 20.8. The molecule has 4 heteroatoms. The van der Waals surface area contributed by atoms with E-state index in [0.717, 1.165) is 30.0 Å². The Morgan fingerprint density at radius 1 is 0.697 bits per heavy atom. The minimum atomic E-state index is -3.56. The first-order chi connectivity index (χ1) is 16.0. The molecule has 0 heterocycles. The van der Waals surface area contributed by atoms with Crippen LogP contribution >= 0.6 is 0 Å². The number of benzene rings is 4. The molecule has 0 aliphatic rings. The summed E-state index contributed by atoms with van der Waals surface area (Å²) in [5.74, 6) is 0. The Balaban J connectivity index is 1.54. The van der Waals surface area contributed by atoms with E-state index < -0.39 is 16.2 Å². The lowest BCUT2D eigenvalue weighted by Gasteiger charge is -2.21. The summed E-state index contributed by atoms with van der Waals surface area (Å²) >= 11 is 0. The van der Waals surface area contributed by atoms with Crippen molar-refractivity contribution in [2.45, 2.75) is 77.2 Å². The quantitative estimate of drug-likeness (QED) is 0.113. The van der Waals surface area contributed by atoms with Crippen molar-refractivity contribution in [2.75, 3.05) is 6.26 Å². The monoisotopic (exact) mass is 464 g/mol. The van der Waals surface area contributed by atoms with Gasteiger partial charge < -0.3 is 0 Å². The number of hydrogen-bond donors (Lipinski definition) is 0. The first-order valence-electron chi connectivity index (χ1n) is 12.5. The van der Waals surface area contributed by atoms with Crippen LogP contribution in [0.25, 0.3) is 32.3 Å². The van der Waals surface area contributed by atoms with E-state index in [1.54, 1.807) is 0 Å². The van der Waals surface area contributed by atoms with Crippen molar-refractivity contribution in [3.05, 3.63) is 60.2 Å². The van der Waals surface area contributed by atoms with Crippen LogP contribution in [0.15, 0.2) is 54.6 Å². The molecule has 1 atom stereocenters. The van der Waals surface area contributed by atoms with Gasteiger partial charge in [0.15, 0.2) is 0 Å². The standard InChI is InChI=1S/C29H36O3S/c1-3-4-5-6-7-8-9-10-11-15-27(32-33(2,30)31)25-20-18-24-17-16-22-13-12-14-23-19-21-26(25)29(24)28(22)23/h12-14,16-21,27H,3-11,15H2,1-2H3. The van der Waals surface area contributed by atoms with Gasteiger partial charge in [0.1, 0.15) is 6.10 Å². The summed E-state index contributed by atoms with van der Waals surface area (Å²) in [4.78, 5) is 0. The highest BCUT2D eigenvalue weighted by Crippen LogP contribution is 2.39. The zero-order valence-electron chi connectivity index (χ0n) is 20.0. The first kappa shape index (κ1) is 24.0. The maximum Gasteiger partial charge on any atom is 0.264 e. The fourth-order valence-electron chi connectivity index (χ4n) is 5.15. The van der Waals surface area contributed by atoms with Crippen LogP contribution < -0.4 is 0 Å². The van der Waals surface area contributed by atoms with Gasteiger partial charge in [-0.05, 0) is 44.3 Å². The average Bonchev–Trinajstić information content (AvgIpc) is 2.80. The largest absolute Gasteiger partial charge is 0.264 e. The lowest BCUT2D eigenvalue weighted by Crippen LogP contribution is -2.11. The molecule has 0 saturated carbocycles.